The molecule has 0 radical (unpaired) electrons. The summed E-state index contributed by atoms with van der Waals surface area (Å²) in [7, 11) is 0. The highest BCUT2D eigenvalue weighted by Crippen LogP contribution is 2.13. The predicted octanol–water partition coefficient (Wildman–Crippen LogP) is 1.96. The van der Waals surface area contributed by atoms with Gasteiger partial charge in [0.15, 0.2) is 0 Å². The highest BCUT2D eigenvalue weighted by molar-refractivity contribution is 5.99. The number of nitrogens with two attached hydrogens (primary N) is 2. The van der Waals surface area contributed by atoms with Crippen LogP contribution >= 0.6 is 0 Å². The molecule has 26 heavy (non-hydrogen) atoms. The van der Waals surface area contributed by atoms with Crippen molar-refractivity contribution in [2.75, 3.05) is 18.9 Å². The Labute approximate surface area is 153 Å². The average Bonchev–Trinajstić information content (AvgIpc) is 2.64. The van der Waals surface area contributed by atoms with E-state index < -0.39 is 0 Å². The minimum absolute atomic E-state index is 0.0932. The van der Waals surface area contributed by atoms with Gasteiger partial charge in [0.05, 0.1) is 6.61 Å². The largest absolute Gasteiger partial charge is 0.398 e. The van der Waals surface area contributed by atoms with E-state index >= 15 is 0 Å². The van der Waals surface area contributed by atoms with Crippen LogP contribution in [0.2, 0.25) is 0 Å². The minimum Gasteiger partial charge on any atom is -0.398 e. The van der Waals surface area contributed by atoms with E-state index in [0.717, 1.165) is 17.5 Å². The van der Waals surface area contributed by atoms with E-state index in [9.17, 15) is 4.79 Å². The number of hydrogen-bond acceptors (Lipinski definition) is 4. The van der Waals surface area contributed by atoms with Crippen LogP contribution in [0.1, 0.15) is 23.1 Å². The summed E-state index contributed by atoms with van der Waals surface area (Å²) in [6.07, 6.45) is 0.733. The standard InChI is InChI=1S/C19H25N5O2/c20-17-8-7-15(11-16(17)18(21)22)12-24-19(25)23-9-4-10-26-13-14-5-2-1-3-6-14/h1-3,5-8,11H,4,9-10,12-13,20H2,(H3,21,22)(H2,23,24,25). The Hall–Kier alpha value is -3.06. The Balaban J connectivity index is 1.60. The topological polar surface area (TPSA) is 126 Å². The van der Waals surface area contributed by atoms with Crippen molar-refractivity contribution < 1.29 is 9.53 Å². The van der Waals surface area contributed by atoms with E-state index in [0.29, 0.717) is 37.6 Å². The molecule has 0 heterocycles. The molecule has 0 atom stereocenters. The zero-order valence-corrected chi connectivity index (χ0v) is 14.6. The van der Waals surface area contributed by atoms with Gasteiger partial charge in [-0.3, -0.25) is 5.41 Å². The molecule has 0 aromatic heterocycles. The molecule has 0 bridgehead atoms. The number of rotatable bonds is 9. The number of hydrogen-bond donors (Lipinski definition) is 5. The van der Waals surface area contributed by atoms with Crippen LogP contribution in [0.15, 0.2) is 48.5 Å². The number of nitrogens with one attached hydrogen (secondary N) is 3. The average molecular weight is 355 g/mol. The molecule has 0 spiro atoms. The van der Waals surface area contributed by atoms with Gasteiger partial charge in [0.25, 0.3) is 0 Å². The maximum Gasteiger partial charge on any atom is 0.315 e. The van der Waals surface area contributed by atoms with E-state index in [1.165, 1.54) is 0 Å². The molecule has 0 aliphatic rings. The van der Waals surface area contributed by atoms with Crippen molar-refractivity contribution >= 4 is 17.6 Å². The first-order valence-electron chi connectivity index (χ1n) is 8.42. The normalized spacial score (nSPS) is 10.3. The van der Waals surface area contributed by atoms with Crippen LogP contribution in [-0.4, -0.2) is 25.0 Å². The number of amidine groups is 1. The summed E-state index contributed by atoms with van der Waals surface area (Å²) in [5.74, 6) is -0.0932. The van der Waals surface area contributed by atoms with E-state index in [1.54, 1.807) is 18.2 Å². The first-order chi connectivity index (χ1) is 12.6. The van der Waals surface area contributed by atoms with Gasteiger partial charge in [-0.15, -0.1) is 0 Å². The van der Waals surface area contributed by atoms with Crippen molar-refractivity contribution in [1.29, 1.82) is 5.41 Å². The highest BCUT2D eigenvalue weighted by atomic mass is 16.5. The van der Waals surface area contributed by atoms with E-state index in [2.05, 4.69) is 10.6 Å². The molecule has 2 aromatic rings. The fourth-order valence-electron chi connectivity index (χ4n) is 2.33. The lowest BCUT2D eigenvalue weighted by Gasteiger charge is -2.10. The maximum absolute atomic E-state index is 11.8. The van der Waals surface area contributed by atoms with Gasteiger partial charge in [0, 0.05) is 30.9 Å². The van der Waals surface area contributed by atoms with E-state index in [1.807, 2.05) is 30.3 Å². The summed E-state index contributed by atoms with van der Waals surface area (Å²) in [5.41, 5.74) is 14.1. The minimum atomic E-state index is -0.255. The number of ether oxygens (including phenoxy) is 1. The van der Waals surface area contributed by atoms with Gasteiger partial charge in [0.1, 0.15) is 5.84 Å². The highest BCUT2D eigenvalue weighted by Gasteiger charge is 2.05. The number of amides is 2. The summed E-state index contributed by atoms with van der Waals surface area (Å²) in [4.78, 5) is 11.8. The number of benzene rings is 2. The zero-order chi connectivity index (χ0) is 18.8. The number of carbonyl (C=O) groups is 1. The van der Waals surface area contributed by atoms with Crippen LogP contribution in [0.25, 0.3) is 0 Å². The third-order valence-electron chi connectivity index (χ3n) is 3.72. The Kier molecular flexibility index (Phi) is 7.45. The van der Waals surface area contributed by atoms with Crippen LogP contribution in [0.5, 0.6) is 0 Å². The molecule has 7 heteroatoms. The van der Waals surface area contributed by atoms with Crippen molar-refractivity contribution in [3.63, 3.8) is 0 Å². The summed E-state index contributed by atoms with van der Waals surface area (Å²) in [6, 6.07) is 14.9. The lowest BCUT2D eigenvalue weighted by molar-refractivity contribution is 0.118. The Bertz CT molecular complexity index is 734. The Morgan fingerprint density at radius 2 is 1.85 bits per heavy atom. The second-order valence-corrected chi connectivity index (χ2v) is 5.84. The fourth-order valence-corrected chi connectivity index (χ4v) is 2.33. The smallest absolute Gasteiger partial charge is 0.315 e. The van der Waals surface area contributed by atoms with Crippen molar-refractivity contribution in [2.24, 2.45) is 5.73 Å². The van der Waals surface area contributed by atoms with Gasteiger partial charge in [-0.25, -0.2) is 4.79 Å². The van der Waals surface area contributed by atoms with Crippen LogP contribution in [0, 0.1) is 5.41 Å². The Morgan fingerprint density at radius 1 is 1.08 bits per heavy atom. The van der Waals surface area contributed by atoms with Gasteiger partial charge in [-0.05, 0) is 29.7 Å². The van der Waals surface area contributed by atoms with E-state index in [4.69, 9.17) is 21.6 Å². The van der Waals surface area contributed by atoms with Gasteiger partial charge in [-0.1, -0.05) is 36.4 Å². The second-order valence-electron chi connectivity index (χ2n) is 5.84. The SMILES string of the molecule is N=C(N)c1cc(CNC(=O)NCCCOCc2ccccc2)ccc1N. The van der Waals surface area contributed by atoms with Crippen LogP contribution in [0.4, 0.5) is 10.5 Å². The number of carbonyl (C=O) groups excluding carboxylic acids is 1. The fraction of sp³-hybridized carbons (Fsp3) is 0.263. The van der Waals surface area contributed by atoms with Crippen LogP contribution in [0.3, 0.4) is 0 Å². The lowest BCUT2D eigenvalue weighted by Crippen LogP contribution is -2.35. The molecule has 0 aliphatic carbocycles. The molecule has 2 aromatic carbocycles. The molecular formula is C19H25N5O2. The zero-order valence-electron chi connectivity index (χ0n) is 14.6. The van der Waals surface area contributed by atoms with Gasteiger partial charge >= 0.3 is 6.03 Å². The molecule has 2 amide bonds. The number of urea groups is 1. The van der Waals surface area contributed by atoms with Crippen molar-refractivity contribution in [1.82, 2.24) is 10.6 Å². The summed E-state index contributed by atoms with van der Waals surface area (Å²) < 4.78 is 5.56. The molecule has 7 N–H and O–H groups in total. The summed E-state index contributed by atoms with van der Waals surface area (Å²) in [5, 5.41) is 13.0. The van der Waals surface area contributed by atoms with Crippen molar-refractivity contribution in [2.45, 2.75) is 19.6 Å². The molecule has 0 aliphatic heterocycles. The Morgan fingerprint density at radius 3 is 2.58 bits per heavy atom. The number of nitrogen functional groups attached to an aromatic ring is 2. The lowest BCUT2D eigenvalue weighted by atomic mass is 10.1. The van der Waals surface area contributed by atoms with Crippen molar-refractivity contribution in [3.8, 4) is 0 Å². The molecule has 7 nitrogen and oxygen atoms in total. The van der Waals surface area contributed by atoms with Gasteiger partial charge in [-0.2, -0.15) is 0 Å². The van der Waals surface area contributed by atoms with Gasteiger partial charge < -0.3 is 26.8 Å². The van der Waals surface area contributed by atoms with Crippen LogP contribution < -0.4 is 22.1 Å². The first kappa shape index (κ1) is 19.3. The predicted molar refractivity (Wildman–Crippen MR) is 103 cm³/mol. The van der Waals surface area contributed by atoms with E-state index in [-0.39, 0.29) is 11.9 Å². The molecular weight excluding hydrogens is 330 g/mol. The third-order valence-corrected chi connectivity index (χ3v) is 3.72. The summed E-state index contributed by atoms with van der Waals surface area (Å²) in [6.45, 7) is 2.01. The molecule has 0 saturated carbocycles. The van der Waals surface area contributed by atoms with Crippen molar-refractivity contribution in [3.05, 3.63) is 65.2 Å². The maximum atomic E-state index is 11.8. The first-order valence-corrected chi connectivity index (χ1v) is 8.42. The van der Waals surface area contributed by atoms with Crippen LogP contribution in [-0.2, 0) is 17.9 Å². The van der Waals surface area contributed by atoms with Gasteiger partial charge in [0.2, 0.25) is 0 Å². The molecule has 0 saturated heterocycles. The second kappa shape index (κ2) is 10.0. The molecule has 2 rings (SSSR count). The quantitative estimate of drug-likeness (QED) is 0.204. The molecule has 138 valence electrons. The number of anilines is 1. The molecule has 0 unspecified atom stereocenters. The third kappa shape index (κ3) is 6.45. The monoisotopic (exact) mass is 355 g/mol. The molecule has 0 fully saturated rings. The summed E-state index contributed by atoms with van der Waals surface area (Å²) >= 11 is 0.